The van der Waals surface area contributed by atoms with Crippen LogP contribution in [0, 0.1) is 5.66 Å². The molecule has 0 amide bonds. The summed E-state index contributed by atoms with van der Waals surface area (Å²) >= 11 is 0. The summed E-state index contributed by atoms with van der Waals surface area (Å²) in [4.78, 5) is 17.8. The van der Waals surface area contributed by atoms with Crippen LogP contribution in [0.2, 0.25) is 0 Å². The molecule has 5 rings (SSSR count). The summed E-state index contributed by atoms with van der Waals surface area (Å²) in [5, 5.41) is 23.4. The van der Waals surface area contributed by atoms with E-state index in [1.165, 1.54) is 26.9 Å². The van der Waals surface area contributed by atoms with Crippen LogP contribution in [-0.4, -0.2) is 17.6 Å². The fourth-order valence-electron chi connectivity index (χ4n) is 4.19. The van der Waals surface area contributed by atoms with E-state index in [1.54, 1.807) is 0 Å². The van der Waals surface area contributed by atoms with E-state index in [-0.39, 0.29) is 19.5 Å². The Balaban J connectivity index is 0.000000583. The number of carboxylic acids is 2. The third-order valence-corrected chi connectivity index (χ3v) is 11.1. The monoisotopic (exact) mass is 667 g/mol. The molecule has 1 radical (unpaired) electrons. The van der Waals surface area contributed by atoms with Gasteiger partial charge >= 0.3 is 19.5 Å². The molecule has 0 fully saturated rings. The first-order valence-corrected chi connectivity index (χ1v) is 15.5. The zero-order valence-corrected chi connectivity index (χ0v) is 26.3. The summed E-state index contributed by atoms with van der Waals surface area (Å²) in [6.07, 6.45) is 9.27. The Morgan fingerprint density at radius 3 is 1.24 bits per heavy atom. The summed E-state index contributed by atoms with van der Waals surface area (Å²) in [6.45, 7) is 1.94. The molecule has 0 N–H and O–H groups in total. The number of carboxylic acid groups (broad SMARTS) is 2. The molecule has 4 aromatic rings. The molecule has 0 aromatic heterocycles. The molecule has 1 unspecified atom stereocenters. The number of hydrogen-bond donors (Lipinski definition) is 0. The third kappa shape index (κ3) is 10.9. The van der Waals surface area contributed by atoms with E-state index in [2.05, 4.69) is 146 Å². The maximum absolute atomic E-state index is 8.89. The van der Waals surface area contributed by atoms with E-state index in [4.69, 9.17) is 19.8 Å². The molecule has 1 atom stereocenters. The van der Waals surface area contributed by atoms with E-state index < -0.39 is 27.8 Å². The Morgan fingerprint density at radius 1 is 0.585 bits per heavy atom. The number of carbonyl (C=O) groups excluding carboxylic acids is 2. The predicted octanol–water partition coefficient (Wildman–Crippen LogP) is 3.79. The van der Waals surface area contributed by atoms with E-state index >= 15 is 0 Å². The van der Waals surface area contributed by atoms with Gasteiger partial charge in [0, 0.05) is 11.9 Å². The molecule has 0 spiro atoms. The number of rotatable bonds is 6. The van der Waals surface area contributed by atoms with Gasteiger partial charge < -0.3 is 19.8 Å². The van der Waals surface area contributed by atoms with Gasteiger partial charge in [-0.1, -0.05) is 129 Å². The van der Waals surface area contributed by atoms with Gasteiger partial charge in [-0.15, -0.1) is 20.1 Å². The second-order valence-corrected chi connectivity index (χ2v) is 13.2. The summed E-state index contributed by atoms with van der Waals surface area (Å²) in [5.74, 6) is -2.17. The minimum Gasteiger partial charge on any atom is -0.550 e. The molecule has 1 aliphatic rings. The van der Waals surface area contributed by atoms with E-state index in [0.29, 0.717) is 5.66 Å². The van der Waals surface area contributed by atoms with Crippen LogP contribution >= 0.6 is 15.8 Å². The van der Waals surface area contributed by atoms with Gasteiger partial charge in [0.05, 0.1) is 0 Å². The molecule has 4 nitrogen and oxygen atoms in total. The van der Waals surface area contributed by atoms with Crippen molar-refractivity contribution in [3.05, 3.63) is 151 Å². The molecular weight excluding hydrogens is 635 g/mol. The fraction of sp³-hybridized carbons (Fsp3) is 0.0882. The maximum atomic E-state index is 8.89. The second kappa shape index (κ2) is 18.2. The maximum Gasteiger partial charge on any atom is 3.00 e. The fourth-order valence-corrected chi connectivity index (χ4v) is 9.86. The molecule has 0 saturated heterocycles. The Bertz CT molecular complexity index is 1190. The van der Waals surface area contributed by atoms with E-state index in [9.17, 15) is 0 Å². The van der Waals surface area contributed by atoms with Crippen molar-refractivity contribution in [2.45, 2.75) is 19.5 Å². The van der Waals surface area contributed by atoms with Gasteiger partial charge in [-0.05, 0) is 40.7 Å². The summed E-state index contributed by atoms with van der Waals surface area (Å²) in [7, 11) is -1.21. The van der Waals surface area contributed by atoms with Crippen molar-refractivity contribution in [2.24, 2.45) is 0 Å². The van der Waals surface area contributed by atoms with Crippen LogP contribution < -0.4 is 31.4 Å². The van der Waals surface area contributed by atoms with Crippen LogP contribution in [0.15, 0.2) is 146 Å². The van der Waals surface area contributed by atoms with Gasteiger partial charge in [0.15, 0.2) is 0 Å². The number of benzene rings is 4. The van der Waals surface area contributed by atoms with Crippen LogP contribution in [-0.2, 0) is 29.1 Å². The average molecular weight is 667 g/mol. The van der Waals surface area contributed by atoms with E-state index in [1.807, 2.05) is 0 Å². The van der Waals surface area contributed by atoms with Gasteiger partial charge in [-0.3, -0.25) is 0 Å². The number of carbonyl (C=O) groups is 2. The SMILES string of the molecule is C1=C[C-](P(c2ccccc2)c2ccccc2)C(P(c2ccccc2)c2ccccc2)C=C1.CC(=O)[O-].CC(=O)[O-].[Ru+3]. The summed E-state index contributed by atoms with van der Waals surface area (Å²) in [6, 6.07) is 44.2. The predicted molar refractivity (Wildman–Crippen MR) is 165 cm³/mol. The van der Waals surface area contributed by atoms with Crippen molar-refractivity contribution in [1.82, 2.24) is 0 Å². The van der Waals surface area contributed by atoms with Gasteiger partial charge in [-0.25, -0.2) is 12.2 Å². The molecule has 1 aliphatic carbocycles. The summed E-state index contributed by atoms with van der Waals surface area (Å²) in [5.41, 5.74) is 1.88. The zero-order chi connectivity index (χ0) is 28.7. The Hall–Kier alpha value is -3.35. The van der Waals surface area contributed by atoms with Crippen LogP contribution in [0.4, 0.5) is 0 Å². The molecule has 7 heteroatoms. The largest absolute Gasteiger partial charge is 3.00 e. The summed E-state index contributed by atoms with van der Waals surface area (Å²) < 4.78 is 0. The zero-order valence-electron chi connectivity index (χ0n) is 22.8. The first-order chi connectivity index (χ1) is 19.4. The van der Waals surface area contributed by atoms with Crippen LogP contribution in [0.1, 0.15) is 13.8 Å². The van der Waals surface area contributed by atoms with Crippen molar-refractivity contribution in [1.29, 1.82) is 0 Å². The molecule has 4 aromatic carbocycles. The normalized spacial score (nSPS) is 13.3. The van der Waals surface area contributed by atoms with Crippen LogP contribution in [0.3, 0.4) is 0 Å². The topological polar surface area (TPSA) is 80.3 Å². The molecular formula is C34H31O4P2Ru. The first-order valence-electron chi connectivity index (χ1n) is 12.7. The standard InChI is InChI=1S/C30H25P2.2C2H4O2.Ru/c1-5-15-25(16-6-1)31(26-17-7-2-8-18-26)29-23-13-14-24-30(29)32(27-19-9-3-10-20-27)28-21-11-4-12-22-28;2*1-2(3)4;/h1-24,29H;2*1H3,(H,3,4);/q-1;;;+3/p-2. The smallest absolute Gasteiger partial charge is 0.550 e. The third-order valence-electron chi connectivity index (χ3n) is 5.61. The first kappa shape index (κ1) is 33.9. The van der Waals surface area contributed by atoms with Gasteiger partial charge in [0.2, 0.25) is 0 Å². The Morgan fingerprint density at radius 2 is 0.902 bits per heavy atom. The minimum atomic E-state index is -1.08. The number of allylic oxidation sites excluding steroid dienone is 4. The molecule has 0 bridgehead atoms. The quantitative estimate of drug-likeness (QED) is 0.178. The molecule has 0 heterocycles. The molecule has 0 aliphatic heterocycles. The van der Waals surface area contributed by atoms with Gasteiger partial charge in [-0.2, -0.15) is 5.66 Å². The van der Waals surface area contributed by atoms with Crippen LogP contribution in [0.25, 0.3) is 0 Å². The molecule has 41 heavy (non-hydrogen) atoms. The Labute approximate surface area is 258 Å². The second-order valence-electron chi connectivity index (χ2n) is 8.64. The van der Waals surface area contributed by atoms with Crippen molar-refractivity contribution < 1.29 is 39.3 Å². The van der Waals surface area contributed by atoms with Gasteiger partial charge in [0.25, 0.3) is 0 Å². The number of aliphatic carboxylic acids is 2. The van der Waals surface area contributed by atoms with Crippen LogP contribution in [0.5, 0.6) is 0 Å². The van der Waals surface area contributed by atoms with Crippen molar-refractivity contribution in [2.75, 3.05) is 0 Å². The molecule has 209 valence electrons. The number of hydrogen-bond acceptors (Lipinski definition) is 4. The van der Waals surface area contributed by atoms with Crippen molar-refractivity contribution in [3.63, 3.8) is 0 Å². The average Bonchev–Trinajstić information content (AvgIpc) is 2.96. The minimum absolute atomic E-state index is 0. The Kier molecular flexibility index (Phi) is 15.0. The van der Waals surface area contributed by atoms with Gasteiger partial charge in [0.1, 0.15) is 0 Å². The molecule has 0 saturated carbocycles. The van der Waals surface area contributed by atoms with Crippen molar-refractivity contribution in [3.8, 4) is 0 Å². The van der Waals surface area contributed by atoms with E-state index in [0.717, 1.165) is 13.8 Å². The van der Waals surface area contributed by atoms with Crippen molar-refractivity contribution >= 4 is 49.0 Å².